The first kappa shape index (κ1) is 26.2. The number of ether oxygens (including phenoxy) is 2. The van der Waals surface area contributed by atoms with E-state index in [1.807, 2.05) is 36.6 Å². The maximum atomic E-state index is 13.5. The normalized spacial score (nSPS) is 11.6. The smallest absolute Gasteiger partial charge is 0.453 e. The number of rotatable bonds is 10. The Bertz CT molecular complexity index is 1410. The van der Waals surface area contributed by atoms with Crippen molar-refractivity contribution in [2.75, 3.05) is 7.11 Å². The van der Waals surface area contributed by atoms with Crippen LogP contribution in [0.4, 0.5) is 0 Å². The molecule has 2 aromatic carbocycles. The van der Waals surface area contributed by atoms with Crippen LogP contribution in [-0.4, -0.2) is 22.6 Å². The van der Waals surface area contributed by atoms with Crippen LogP contribution in [0.25, 0.3) is 11.1 Å². The fourth-order valence-corrected chi connectivity index (χ4v) is 4.13. The number of methoxy groups -OCH3 is 1. The van der Waals surface area contributed by atoms with Gasteiger partial charge in [0.15, 0.2) is 23.8 Å². The van der Waals surface area contributed by atoms with Crippen LogP contribution in [0.1, 0.15) is 66.3 Å². The minimum atomic E-state index is -0.836. The number of hydrogen-bond acceptors (Lipinski definition) is 7. The zero-order valence-corrected chi connectivity index (χ0v) is 21.9. The Kier molecular flexibility index (Phi) is 7.78. The van der Waals surface area contributed by atoms with E-state index >= 15 is 0 Å². The van der Waals surface area contributed by atoms with Crippen molar-refractivity contribution in [2.45, 2.75) is 59.3 Å². The molecule has 0 radical (unpaired) electrons. The molecule has 4 rings (SSSR count). The molecule has 0 saturated heterocycles. The molecule has 0 N–H and O–H groups in total. The minimum absolute atomic E-state index is 0.169. The molecule has 194 valence electrons. The fourth-order valence-electron chi connectivity index (χ4n) is 4.13. The SMILES string of the molecule is CCCc1nc(C(C)(C)OC)c(C(=O)OCc2oc(=O)oc2C)n1Cc1ccc(-c2ccccc2)cc1. The number of benzene rings is 2. The van der Waals surface area contributed by atoms with Crippen LogP contribution >= 0.6 is 0 Å². The van der Waals surface area contributed by atoms with Crippen LogP contribution in [0.15, 0.2) is 68.2 Å². The summed E-state index contributed by atoms with van der Waals surface area (Å²) in [6, 6.07) is 18.4. The second-order valence-electron chi connectivity index (χ2n) is 9.35. The highest BCUT2D eigenvalue weighted by Gasteiger charge is 2.34. The molecule has 0 atom stereocenters. The maximum Gasteiger partial charge on any atom is 0.519 e. The van der Waals surface area contributed by atoms with E-state index in [1.54, 1.807) is 14.0 Å². The standard InChI is InChI=1S/C29H32N2O6/c1-6-10-24-30-26(29(3,4)34-5)25(27(32)35-18-23-19(2)36-28(33)37-23)31(24)17-20-13-15-22(16-14-20)21-11-8-7-9-12-21/h7-9,11-16H,6,10,17-18H2,1-5H3. The van der Waals surface area contributed by atoms with Gasteiger partial charge in [0.25, 0.3) is 0 Å². The number of nitrogens with zero attached hydrogens (tertiary/aromatic N) is 2. The van der Waals surface area contributed by atoms with Gasteiger partial charge in [0.05, 0.1) is 0 Å². The molecule has 0 aliphatic heterocycles. The molecule has 0 aliphatic carbocycles. The molecule has 0 saturated carbocycles. The molecule has 8 nitrogen and oxygen atoms in total. The number of carbonyl (C=O) groups is 1. The fraction of sp³-hybridized carbons (Fsp3) is 0.345. The van der Waals surface area contributed by atoms with Crippen LogP contribution in [0, 0.1) is 6.92 Å². The number of imidazole rings is 1. The molecule has 0 bridgehead atoms. The van der Waals surface area contributed by atoms with Gasteiger partial charge in [0.2, 0.25) is 0 Å². The zero-order valence-electron chi connectivity index (χ0n) is 21.9. The summed E-state index contributed by atoms with van der Waals surface area (Å²) in [6.07, 6.45) is 1.53. The van der Waals surface area contributed by atoms with Gasteiger partial charge in [0.1, 0.15) is 17.1 Å². The van der Waals surface area contributed by atoms with Gasteiger partial charge in [-0.3, -0.25) is 0 Å². The Balaban J connectivity index is 1.71. The van der Waals surface area contributed by atoms with Gasteiger partial charge in [-0.25, -0.2) is 14.6 Å². The monoisotopic (exact) mass is 504 g/mol. The van der Waals surface area contributed by atoms with Crippen LogP contribution in [-0.2, 0) is 34.6 Å². The van der Waals surface area contributed by atoms with Gasteiger partial charge >= 0.3 is 11.8 Å². The highest BCUT2D eigenvalue weighted by molar-refractivity contribution is 5.89. The van der Waals surface area contributed by atoms with E-state index in [1.165, 1.54) is 0 Å². The van der Waals surface area contributed by atoms with E-state index in [9.17, 15) is 9.59 Å². The van der Waals surface area contributed by atoms with E-state index < -0.39 is 17.4 Å². The first-order valence-corrected chi connectivity index (χ1v) is 12.3. The van der Waals surface area contributed by atoms with Crippen molar-refractivity contribution in [1.82, 2.24) is 9.55 Å². The lowest BCUT2D eigenvalue weighted by molar-refractivity contribution is 0.0124. The third-order valence-electron chi connectivity index (χ3n) is 6.37. The van der Waals surface area contributed by atoms with Crippen molar-refractivity contribution in [3.05, 3.63) is 99.5 Å². The van der Waals surface area contributed by atoms with Crippen molar-refractivity contribution in [1.29, 1.82) is 0 Å². The number of hydrogen-bond donors (Lipinski definition) is 0. The quantitative estimate of drug-likeness (QED) is 0.258. The van der Waals surface area contributed by atoms with Gasteiger partial charge in [-0.1, -0.05) is 61.5 Å². The summed E-state index contributed by atoms with van der Waals surface area (Å²) in [4.78, 5) is 29.7. The summed E-state index contributed by atoms with van der Waals surface area (Å²) in [5.74, 6) is -0.206. The van der Waals surface area contributed by atoms with Crippen molar-refractivity contribution in [3.8, 4) is 11.1 Å². The topological polar surface area (TPSA) is 96.7 Å². The van der Waals surface area contributed by atoms with Gasteiger partial charge in [-0.05, 0) is 43.9 Å². The van der Waals surface area contributed by atoms with Crippen molar-refractivity contribution < 1.29 is 23.1 Å². The Morgan fingerprint density at radius 3 is 2.30 bits per heavy atom. The Morgan fingerprint density at radius 1 is 1.03 bits per heavy atom. The predicted octanol–water partition coefficient (Wildman–Crippen LogP) is 5.64. The molecule has 8 heteroatoms. The molecule has 0 spiro atoms. The van der Waals surface area contributed by atoms with Crippen molar-refractivity contribution in [3.63, 3.8) is 0 Å². The van der Waals surface area contributed by atoms with E-state index in [4.69, 9.17) is 23.3 Å². The largest absolute Gasteiger partial charge is 0.519 e. The van der Waals surface area contributed by atoms with E-state index in [0.717, 1.165) is 28.9 Å². The highest BCUT2D eigenvalue weighted by Crippen LogP contribution is 2.30. The number of aromatic nitrogens is 2. The Morgan fingerprint density at radius 2 is 1.70 bits per heavy atom. The van der Waals surface area contributed by atoms with Crippen LogP contribution in [0.3, 0.4) is 0 Å². The summed E-state index contributed by atoms with van der Waals surface area (Å²) in [5.41, 5.74) is 3.24. The van der Waals surface area contributed by atoms with E-state index in [2.05, 4.69) is 43.3 Å². The summed E-state index contributed by atoms with van der Waals surface area (Å²) in [7, 11) is 1.58. The maximum absolute atomic E-state index is 13.5. The van der Waals surface area contributed by atoms with Crippen molar-refractivity contribution in [2.24, 2.45) is 0 Å². The third-order valence-corrected chi connectivity index (χ3v) is 6.37. The second-order valence-corrected chi connectivity index (χ2v) is 9.35. The summed E-state index contributed by atoms with van der Waals surface area (Å²) in [5, 5.41) is 0. The summed E-state index contributed by atoms with van der Waals surface area (Å²) in [6.45, 7) is 7.57. The molecule has 0 unspecified atom stereocenters. The first-order valence-electron chi connectivity index (χ1n) is 12.3. The minimum Gasteiger partial charge on any atom is -0.453 e. The molecule has 37 heavy (non-hydrogen) atoms. The van der Waals surface area contributed by atoms with Gasteiger partial charge in [-0.2, -0.15) is 0 Å². The Hall–Kier alpha value is -3.91. The molecule has 0 amide bonds. The summed E-state index contributed by atoms with van der Waals surface area (Å²) >= 11 is 0. The molecular weight excluding hydrogens is 472 g/mol. The lowest BCUT2D eigenvalue weighted by Crippen LogP contribution is -2.25. The molecule has 2 heterocycles. The molecule has 0 aliphatic rings. The molecular formula is C29H32N2O6. The van der Waals surface area contributed by atoms with Crippen molar-refractivity contribution >= 4 is 5.97 Å². The highest BCUT2D eigenvalue weighted by atomic mass is 16.6. The van der Waals surface area contributed by atoms with Crippen LogP contribution in [0.5, 0.6) is 0 Å². The molecule has 4 aromatic rings. The average molecular weight is 505 g/mol. The first-order chi connectivity index (χ1) is 17.7. The molecule has 2 aromatic heterocycles. The third kappa shape index (κ3) is 5.75. The number of carbonyl (C=O) groups excluding carboxylic acids is 1. The molecule has 0 fully saturated rings. The number of aryl methyl sites for hydroxylation is 2. The number of esters is 1. The lowest BCUT2D eigenvalue weighted by Gasteiger charge is -2.22. The zero-order chi connectivity index (χ0) is 26.6. The summed E-state index contributed by atoms with van der Waals surface area (Å²) < 4.78 is 23.1. The Labute approximate surface area is 215 Å². The predicted molar refractivity (Wildman–Crippen MR) is 138 cm³/mol. The van der Waals surface area contributed by atoms with Gasteiger partial charge in [-0.15, -0.1) is 0 Å². The van der Waals surface area contributed by atoms with Gasteiger partial charge < -0.3 is 22.9 Å². The lowest BCUT2D eigenvalue weighted by atomic mass is 10.0. The van der Waals surface area contributed by atoms with E-state index in [0.29, 0.717) is 24.4 Å². The van der Waals surface area contributed by atoms with Crippen LogP contribution in [0.2, 0.25) is 0 Å². The van der Waals surface area contributed by atoms with Gasteiger partial charge in [0, 0.05) is 20.1 Å². The van der Waals surface area contributed by atoms with Crippen LogP contribution < -0.4 is 5.82 Å². The average Bonchev–Trinajstić information content (AvgIpc) is 3.42. The van der Waals surface area contributed by atoms with E-state index in [-0.39, 0.29) is 18.1 Å². The second kappa shape index (κ2) is 11.0.